The molecule has 340 valence electrons. The molecule has 0 fully saturated rings. The number of carboxylic acid groups (broad SMARTS) is 2. The zero-order valence-corrected chi connectivity index (χ0v) is 35.1. The third-order valence-corrected chi connectivity index (χ3v) is 10.3. The van der Waals surface area contributed by atoms with Gasteiger partial charge in [0.05, 0.1) is 18.8 Å². The third-order valence-electron chi connectivity index (χ3n) is 10.3. The standard InChI is InChI=1S/C42H55N9O12/c1-20(2)35(42(62)63)50-39(59)31(16-24-18-45-28-12-8-6-10-26(24)28)49-41(61)36(22(4)53)51-37(57)29(13-14-33(55)56)48-38(58)30(15-23-17-44-27-11-7-5-9-25(23)27)47-32(54)19-46-40(60)34(43)21(3)52/h5-12,17-18,20-22,29-31,34-36,44-45,52-53H,13-16,19,43H2,1-4H3,(H,46,60)(H,47,54)(H,48,58)(H,49,61)(H,50,59)(H,51,57)(H,55,56)(H,62,63)/t21-,22-,29+,30+,31+,34+,35+,36+/m1/s1. The number of fused-ring (bicyclic) bond motifs is 2. The zero-order chi connectivity index (χ0) is 46.5. The van der Waals surface area contributed by atoms with E-state index in [1.807, 2.05) is 0 Å². The van der Waals surface area contributed by atoms with Gasteiger partial charge in [0.15, 0.2) is 0 Å². The zero-order valence-electron chi connectivity index (χ0n) is 35.1. The van der Waals surface area contributed by atoms with Crippen LogP contribution in [0.1, 0.15) is 51.7 Å². The van der Waals surface area contributed by atoms with E-state index < -0.39 is 121 Å². The first-order valence-electron chi connectivity index (χ1n) is 20.2. The number of carbonyl (C=O) groups excluding carboxylic acids is 6. The van der Waals surface area contributed by atoms with Crippen molar-refractivity contribution in [2.24, 2.45) is 11.7 Å². The van der Waals surface area contributed by atoms with Crippen molar-refractivity contribution in [2.75, 3.05) is 6.54 Å². The number of rotatable bonds is 23. The van der Waals surface area contributed by atoms with E-state index in [1.54, 1.807) is 74.8 Å². The van der Waals surface area contributed by atoms with E-state index >= 15 is 0 Å². The van der Waals surface area contributed by atoms with E-state index in [1.165, 1.54) is 13.8 Å². The van der Waals surface area contributed by atoms with Gasteiger partial charge < -0.3 is 68.0 Å². The number of para-hydroxylation sites is 2. The lowest BCUT2D eigenvalue weighted by Crippen LogP contribution is -2.61. The van der Waals surface area contributed by atoms with Crippen LogP contribution in [0, 0.1) is 5.92 Å². The number of aromatic nitrogens is 2. The molecule has 0 unspecified atom stereocenters. The van der Waals surface area contributed by atoms with Gasteiger partial charge in [-0.2, -0.15) is 0 Å². The number of nitrogens with two attached hydrogens (primary N) is 1. The number of benzene rings is 2. The number of aliphatic hydroxyl groups excluding tert-OH is 2. The van der Waals surface area contributed by atoms with Crippen molar-refractivity contribution in [3.05, 3.63) is 72.1 Å². The fourth-order valence-electron chi connectivity index (χ4n) is 6.71. The molecule has 4 rings (SSSR count). The monoisotopic (exact) mass is 877 g/mol. The van der Waals surface area contributed by atoms with Crippen LogP contribution in [-0.4, -0.2) is 133 Å². The number of carbonyl (C=O) groups is 8. The van der Waals surface area contributed by atoms with Crippen LogP contribution in [0.5, 0.6) is 0 Å². The number of aliphatic hydroxyl groups is 2. The number of carboxylic acids is 2. The van der Waals surface area contributed by atoms with Crippen LogP contribution in [0.3, 0.4) is 0 Å². The highest BCUT2D eigenvalue weighted by Crippen LogP contribution is 2.21. The summed E-state index contributed by atoms with van der Waals surface area (Å²) in [5.74, 6) is -8.90. The van der Waals surface area contributed by atoms with Crippen molar-refractivity contribution < 1.29 is 58.8 Å². The molecule has 0 aliphatic rings. The summed E-state index contributed by atoms with van der Waals surface area (Å²) in [7, 11) is 0. The number of hydrogen-bond acceptors (Lipinski definition) is 11. The molecule has 0 aliphatic carbocycles. The summed E-state index contributed by atoms with van der Waals surface area (Å²) in [4.78, 5) is 111. The Kier molecular flexibility index (Phi) is 17.3. The molecule has 6 amide bonds. The smallest absolute Gasteiger partial charge is 0.326 e. The Morgan fingerprint density at radius 2 is 1.08 bits per heavy atom. The van der Waals surface area contributed by atoms with Crippen LogP contribution in [-0.2, 0) is 51.2 Å². The van der Waals surface area contributed by atoms with Crippen molar-refractivity contribution in [2.45, 2.75) is 102 Å². The fraction of sp³-hybridized carbons (Fsp3) is 0.429. The molecular formula is C42H55N9O12. The molecule has 0 spiro atoms. The number of H-pyrrole nitrogens is 2. The van der Waals surface area contributed by atoms with Gasteiger partial charge in [-0.05, 0) is 49.4 Å². The van der Waals surface area contributed by atoms with E-state index in [2.05, 4.69) is 41.9 Å². The van der Waals surface area contributed by atoms with Crippen LogP contribution in [0.25, 0.3) is 21.8 Å². The van der Waals surface area contributed by atoms with Gasteiger partial charge in [0.2, 0.25) is 35.4 Å². The summed E-state index contributed by atoms with van der Waals surface area (Å²) in [6, 6.07) is 5.21. The second-order valence-corrected chi connectivity index (χ2v) is 15.6. The molecule has 4 aromatic rings. The first kappa shape index (κ1) is 48.8. The Morgan fingerprint density at radius 3 is 1.57 bits per heavy atom. The molecule has 2 heterocycles. The molecule has 0 radical (unpaired) electrons. The van der Waals surface area contributed by atoms with Crippen LogP contribution in [0.2, 0.25) is 0 Å². The molecule has 0 bridgehead atoms. The lowest BCUT2D eigenvalue weighted by Gasteiger charge is -2.28. The Labute approximate surface area is 361 Å². The second kappa shape index (κ2) is 22.3. The second-order valence-electron chi connectivity index (χ2n) is 15.6. The van der Waals surface area contributed by atoms with Crippen molar-refractivity contribution in [3.63, 3.8) is 0 Å². The van der Waals surface area contributed by atoms with Gasteiger partial charge in [-0.15, -0.1) is 0 Å². The number of amides is 6. The number of aromatic amines is 2. The van der Waals surface area contributed by atoms with Gasteiger partial charge in [0.1, 0.15) is 36.3 Å². The maximum atomic E-state index is 14.0. The minimum Gasteiger partial charge on any atom is -0.481 e. The normalized spacial score (nSPS) is 15.2. The topological polar surface area (TPSA) is 347 Å². The van der Waals surface area contributed by atoms with E-state index in [0.29, 0.717) is 27.4 Å². The molecule has 2 aromatic heterocycles. The van der Waals surface area contributed by atoms with Crippen LogP contribution in [0.15, 0.2) is 60.9 Å². The summed E-state index contributed by atoms with van der Waals surface area (Å²) in [5, 5.41) is 55.7. The van der Waals surface area contributed by atoms with Crippen molar-refractivity contribution in [3.8, 4) is 0 Å². The summed E-state index contributed by atoms with van der Waals surface area (Å²) in [6.45, 7) is 4.97. The molecule has 63 heavy (non-hydrogen) atoms. The molecule has 0 saturated heterocycles. The average Bonchev–Trinajstić information content (AvgIpc) is 3.84. The highest BCUT2D eigenvalue weighted by atomic mass is 16.4. The summed E-state index contributed by atoms with van der Waals surface area (Å²) < 4.78 is 0. The molecule has 14 N–H and O–H groups in total. The highest BCUT2D eigenvalue weighted by molar-refractivity contribution is 5.98. The van der Waals surface area contributed by atoms with Gasteiger partial charge in [0, 0.05) is 53.5 Å². The van der Waals surface area contributed by atoms with E-state index in [-0.39, 0.29) is 12.8 Å². The Morgan fingerprint density at radius 1 is 0.603 bits per heavy atom. The van der Waals surface area contributed by atoms with Crippen LogP contribution < -0.4 is 37.6 Å². The fourth-order valence-corrected chi connectivity index (χ4v) is 6.71. The highest BCUT2D eigenvalue weighted by Gasteiger charge is 2.35. The first-order valence-corrected chi connectivity index (χ1v) is 20.2. The van der Waals surface area contributed by atoms with Crippen molar-refractivity contribution >= 4 is 69.2 Å². The largest absolute Gasteiger partial charge is 0.481 e. The summed E-state index contributed by atoms with van der Waals surface area (Å²) in [5.41, 5.74) is 8.22. The Bertz CT molecular complexity index is 2290. The van der Waals surface area contributed by atoms with E-state index in [4.69, 9.17) is 5.73 Å². The maximum Gasteiger partial charge on any atom is 0.326 e. The number of nitrogens with one attached hydrogen (secondary N) is 8. The summed E-state index contributed by atoms with van der Waals surface area (Å²) in [6.07, 6.45) is -1.10. The number of hydrogen-bond donors (Lipinski definition) is 13. The molecular weight excluding hydrogens is 823 g/mol. The minimum atomic E-state index is -1.79. The van der Waals surface area contributed by atoms with Gasteiger partial charge in [-0.3, -0.25) is 33.6 Å². The predicted octanol–water partition coefficient (Wildman–Crippen LogP) is -1.33. The first-order chi connectivity index (χ1) is 29.8. The van der Waals surface area contributed by atoms with Crippen LogP contribution in [0.4, 0.5) is 0 Å². The molecule has 0 saturated carbocycles. The molecule has 21 nitrogen and oxygen atoms in total. The van der Waals surface area contributed by atoms with E-state index in [0.717, 1.165) is 5.52 Å². The third kappa shape index (κ3) is 13.6. The van der Waals surface area contributed by atoms with Gasteiger partial charge in [-0.25, -0.2) is 4.79 Å². The van der Waals surface area contributed by atoms with Crippen LogP contribution >= 0.6 is 0 Å². The van der Waals surface area contributed by atoms with E-state index in [9.17, 15) is 58.8 Å². The molecule has 2 aromatic carbocycles. The van der Waals surface area contributed by atoms with Gasteiger partial charge in [-0.1, -0.05) is 50.2 Å². The quantitative estimate of drug-likeness (QED) is 0.0411. The Balaban J connectivity index is 1.58. The average molecular weight is 878 g/mol. The predicted molar refractivity (Wildman–Crippen MR) is 227 cm³/mol. The van der Waals surface area contributed by atoms with Crippen molar-refractivity contribution in [1.29, 1.82) is 0 Å². The molecule has 0 aliphatic heterocycles. The summed E-state index contributed by atoms with van der Waals surface area (Å²) >= 11 is 0. The lowest BCUT2D eigenvalue weighted by atomic mass is 10.0. The SMILES string of the molecule is CC(C)[C@H](NC(=O)[C@H](Cc1c[nH]c2ccccc12)NC(=O)[C@@H](NC(=O)[C@H](CCC(=O)O)NC(=O)[C@H](Cc1c[nH]c2ccccc12)NC(=O)CNC(=O)[C@@H](N)[C@@H](C)O)[C@@H](C)O)C(=O)O. The maximum absolute atomic E-state index is 14.0. The Hall–Kier alpha value is -6.84. The van der Waals surface area contributed by atoms with Gasteiger partial charge in [0.25, 0.3) is 0 Å². The lowest BCUT2D eigenvalue weighted by molar-refractivity contribution is -0.143. The minimum absolute atomic E-state index is 0.148. The number of aliphatic carboxylic acids is 2. The van der Waals surface area contributed by atoms with Crippen molar-refractivity contribution in [1.82, 2.24) is 41.9 Å². The molecule has 8 atom stereocenters. The molecule has 21 heteroatoms. The van der Waals surface area contributed by atoms with Gasteiger partial charge >= 0.3 is 11.9 Å².